The molecule has 4 heteroatoms. The van der Waals surface area contributed by atoms with Crippen molar-refractivity contribution in [2.75, 3.05) is 6.54 Å². The molecule has 1 heterocycles. The minimum atomic E-state index is -0.560. The molecule has 0 aromatic rings. The lowest BCUT2D eigenvalue weighted by atomic mass is 9.75. The van der Waals surface area contributed by atoms with Crippen LogP contribution in [-0.4, -0.2) is 34.3 Å². The molecule has 19 heavy (non-hydrogen) atoms. The Bertz CT molecular complexity index is 393. The van der Waals surface area contributed by atoms with E-state index >= 15 is 0 Å². The predicted molar refractivity (Wildman–Crippen MR) is 72.5 cm³/mol. The Kier molecular flexibility index (Phi) is 3.06. The van der Waals surface area contributed by atoms with Crippen LogP contribution in [0.25, 0.3) is 0 Å². The minimum Gasteiger partial charge on any atom is -0.340 e. The molecule has 0 aromatic carbocycles. The SMILES string of the molecule is CCN1C(=O)C2(CCCC2)NC(=O)C12CCCCC2. The summed E-state index contributed by atoms with van der Waals surface area (Å²) in [5, 5.41) is 3.14. The minimum absolute atomic E-state index is 0.121. The van der Waals surface area contributed by atoms with Gasteiger partial charge in [-0.25, -0.2) is 0 Å². The molecule has 0 aromatic heterocycles. The van der Waals surface area contributed by atoms with E-state index in [9.17, 15) is 9.59 Å². The molecular formula is C15H24N2O2. The maximum absolute atomic E-state index is 12.9. The Labute approximate surface area is 114 Å². The summed E-state index contributed by atoms with van der Waals surface area (Å²) in [6.45, 7) is 2.67. The molecule has 0 bridgehead atoms. The summed E-state index contributed by atoms with van der Waals surface area (Å²) in [5.41, 5.74) is -1.09. The first kappa shape index (κ1) is 12.9. The van der Waals surface area contributed by atoms with Crippen molar-refractivity contribution in [1.82, 2.24) is 10.2 Å². The van der Waals surface area contributed by atoms with Crippen molar-refractivity contribution in [2.24, 2.45) is 0 Å². The lowest BCUT2D eigenvalue weighted by Gasteiger charge is -2.53. The third-order valence-corrected chi connectivity index (χ3v) is 5.40. The van der Waals surface area contributed by atoms with Gasteiger partial charge < -0.3 is 10.2 Å². The maximum Gasteiger partial charge on any atom is 0.249 e. The molecule has 3 fully saturated rings. The molecule has 2 aliphatic carbocycles. The lowest BCUT2D eigenvalue weighted by molar-refractivity contribution is -0.165. The molecule has 4 nitrogen and oxygen atoms in total. The predicted octanol–water partition coefficient (Wildman–Crippen LogP) is 1.98. The standard InChI is InChI=1S/C15H24N2O2/c1-2-17-13(19)14(8-6-7-9-14)16-12(18)15(17)10-4-3-5-11-15/h2-11H2,1H3,(H,16,18). The zero-order chi connectivity index (χ0) is 13.5. The van der Waals surface area contributed by atoms with Crippen molar-refractivity contribution in [2.45, 2.75) is 75.8 Å². The van der Waals surface area contributed by atoms with Gasteiger partial charge in [0.05, 0.1) is 0 Å². The number of likely N-dealkylation sites (N-methyl/N-ethyl adjacent to an activating group) is 1. The molecule has 0 unspecified atom stereocenters. The molecule has 1 saturated heterocycles. The first-order chi connectivity index (χ1) is 9.15. The largest absolute Gasteiger partial charge is 0.340 e. The van der Waals surface area contributed by atoms with Crippen molar-refractivity contribution in [3.05, 3.63) is 0 Å². The van der Waals surface area contributed by atoms with Gasteiger partial charge in [0.25, 0.3) is 0 Å². The number of rotatable bonds is 1. The van der Waals surface area contributed by atoms with E-state index in [-0.39, 0.29) is 11.8 Å². The summed E-state index contributed by atoms with van der Waals surface area (Å²) in [7, 11) is 0. The van der Waals surface area contributed by atoms with Crippen LogP contribution in [0.5, 0.6) is 0 Å². The third kappa shape index (κ3) is 1.72. The van der Waals surface area contributed by atoms with Crippen LogP contribution >= 0.6 is 0 Å². The fourth-order valence-electron chi connectivity index (χ4n) is 4.36. The summed E-state index contributed by atoms with van der Waals surface area (Å²) < 4.78 is 0. The summed E-state index contributed by atoms with van der Waals surface area (Å²) in [4.78, 5) is 27.6. The molecular weight excluding hydrogens is 240 g/mol. The van der Waals surface area contributed by atoms with E-state index in [1.165, 1.54) is 6.42 Å². The molecule has 1 N–H and O–H groups in total. The van der Waals surface area contributed by atoms with Crippen molar-refractivity contribution in [3.8, 4) is 0 Å². The Morgan fingerprint density at radius 2 is 1.58 bits per heavy atom. The van der Waals surface area contributed by atoms with E-state index in [0.717, 1.165) is 51.4 Å². The molecule has 106 valence electrons. The quantitative estimate of drug-likeness (QED) is 0.787. The summed E-state index contributed by atoms with van der Waals surface area (Å²) >= 11 is 0. The Hall–Kier alpha value is -1.06. The van der Waals surface area contributed by atoms with Gasteiger partial charge in [-0.3, -0.25) is 9.59 Å². The number of nitrogens with one attached hydrogen (secondary N) is 1. The molecule has 3 rings (SSSR count). The van der Waals surface area contributed by atoms with Crippen molar-refractivity contribution < 1.29 is 9.59 Å². The molecule has 2 spiro atoms. The van der Waals surface area contributed by atoms with E-state index in [0.29, 0.717) is 6.54 Å². The van der Waals surface area contributed by atoms with Gasteiger partial charge in [-0.05, 0) is 32.6 Å². The Morgan fingerprint density at radius 1 is 1.00 bits per heavy atom. The number of hydrogen-bond acceptors (Lipinski definition) is 2. The van der Waals surface area contributed by atoms with Gasteiger partial charge in [-0.1, -0.05) is 32.1 Å². The number of carbonyl (C=O) groups excluding carboxylic acids is 2. The number of hydrogen-bond donors (Lipinski definition) is 1. The Balaban J connectivity index is 1.96. The van der Waals surface area contributed by atoms with Gasteiger partial charge in [0, 0.05) is 6.54 Å². The normalized spacial score (nSPS) is 29.0. The van der Waals surface area contributed by atoms with Crippen LogP contribution in [0, 0.1) is 0 Å². The highest BCUT2D eigenvalue weighted by Crippen LogP contribution is 2.42. The van der Waals surface area contributed by atoms with Gasteiger partial charge in [0.1, 0.15) is 11.1 Å². The zero-order valence-corrected chi connectivity index (χ0v) is 11.8. The van der Waals surface area contributed by atoms with Crippen molar-refractivity contribution in [3.63, 3.8) is 0 Å². The number of carbonyl (C=O) groups is 2. The van der Waals surface area contributed by atoms with Crippen LogP contribution in [0.3, 0.4) is 0 Å². The average molecular weight is 264 g/mol. The molecule has 0 radical (unpaired) electrons. The highest BCUT2D eigenvalue weighted by Gasteiger charge is 2.58. The van der Waals surface area contributed by atoms with E-state index in [4.69, 9.17) is 0 Å². The van der Waals surface area contributed by atoms with Crippen LogP contribution in [-0.2, 0) is 9.59 Å². The van der Waals surface area contributed by atoms with E-state index in [1.807, 2.05) is 11.8 Å². The van der Waals surface area contributed by atoms with E-state index in [2.05, 4.69) is 5.32 Å². The van der Waals surface area contributed by atoms with Gasteiger partial charge in [0.15, 0.2) is 0 Å². The fraction of sp³-hybridized carbons (Fsp3) is 0.867. The molecule has 2 amide bonds. The number of nitrogens with zero attached hydrogens (tertiary/aromatic N) is 1. The summed E-state index contributed by atoms with van der Waals surface area (Å²) in [6.07, 6.45) is 8.74. The number of amides is 2. The second-order valence-electron chi connectivity index (χ2n) is 6.38. The second kappa shape index (κ2) is 4.50. The zero-order valence-electron chi connectivity index (χ0n) is 11.8. The molecule has 3 aliphatic rings. The van der Waals surface area contributed by atoms with Crippen LogP contribution < -0.4 is 5.32 Å². The van der Waals surface area contributed by atoms with Gasteiger partial charge in [-0.2, -0.15) is 0 Å². The van der Waals surface area contributed by atoms with Gasteiger partial charge in [-0.15, -0.1) is 0 Å². The van der Waals surface area contributed by atoms with Crippen LogP contribution in [0.4, 0.5) is 0 Å². The summed E-state index contributed by atoms with van der Waals surface area (Å²) in [5.74, 6) is 0.310. The van der Waals surface area contributed by atoms with E-state index < -0.39 is 11.1 Å². The van der Waals surface area contributed by atoms with Crippen LogP contribution in [0.2, 0.25) is 0 Å². The highest BCUT2D eigenvalue weighted by molar-refractivity contribution is 6.02. The average Bonchev–Trinajstić information content (AvgIpc) is 2.88. The number of piperazine rings is 1. The summed E-state index contributed by atoms with van der Waals surface area (Å²) in [6, 6.07) is 0. The first-order valence-electron chi connectivity index (χ1n) is 7.79. The van der Waals surface area contributed by atoms with Crippen molar-refractivity contribution in [1.29, 1.82) is 0 Å². The second-order valence-corrected chi connectivity index (χ2v) is 6.38. The van der Waals surface area contributed by atoms with Crippen molar-refractivity contribution >= 4 is 11.8 Å². The third-order valence-electron chi connectivity index (χ3n) is 5.40. The smallest absolute Gasteiger partial charge is 0.249 e. The van der Waals surface area contributed by atoms with Gasteiger partial charge in [0.2, 0.25) is 11.8 Å². The lowest BCUT2D eigenvalue weighted by Crippen LogP contribution is -2.75. The molecule has 2 saturated carbocycles. The van der Waals surface area contributed by atoms with E-state index in [1.54, 1.807) is 0 Å². The fourth-order valence-corrected chi connectivity index (χ4v) is 4.36. The topological polar surface area (TPSA) is 49.4 Å². The van der Waals surface area contributed by atoms with Crippen LogP contribution in [0.1, 0.15) is 64.7 Å². The monoisotopic (exact) mass is 264 g/mol. The molecule has 0 atom stereocenters. The highest BCUT2D eigenvalue weighted by atomic mass is 16.2. The first-order valence-corrected chi connectivity index (χ1v) is 7.79. The maximum atomic E-state index is 12.9. The van der Waals surface area contributed by atoms with Gasteiger partial charge >= 0.3 is 0 Å². The molecule has 1 aliphatic heterocycles. The Morgan fingerprint density at radius 3 is 2.16 bits per heavy atom. The van der Waals surface area contributed by atoms with Crippen LogP contribution in [0.15, 0.2) is 0 Å².